The Kier molecular flexibility index (Phi) is 3.46. The minimum Gasteiger partial charge on any atom is -0.432 e. The lowest BCUT2D eigenvalue weighted by atomic mass is 9.76. The second-order valence-corrected chi connectivity index (χ2v) is 6.65. The summed E-state index contributed by atoms with van der Waals surface area (Å²) in [7, 11) is 0. The second-order valence-electron chi connectivity index (χ2n) is 6.65. The highest BCUT2D eigenvalue weighted by molar-refractivity contribution is 5.78. The highest BCUT2D eigenvalue weighted by Gasteiger charge is 2.27. The van der Waals surface area contributed by atoms with E-state index in [0.29, 0.717) is 0 Å². The molecule has 2 heteroatoms. The average molecular weight is 258 g/mol. The zero-order valence-corrected chi connectivity index (χ0v) is 12.9. The molecule has 1 radical (unpaired) electrons. The normalized spacial score (nSPS) is 13.2. The molecule has 1 heterocycles. The van der Waals surface area contributed by atoms with Crippen LogP contribution in [0.15, 0.2) is 16.5 Å². The number of rotatable bonds is 4. The van der Waals surface area contributed by atoms with Gasteiger partial charge in [-0.3, -0.25) is 0 Å². The third-order valence-corrected chi connectivity index (χ3v) is 4.66. The van der Waals surface area contributed by atoms with Gasteiger partial charge in [-0.1, -0.05) is 47.6 Å². The van der Waals surface area contributed by atoms with Crippen molar-refractivity contribution >= 4 is 11.1 Å². The molecule has 0 amide bonds. The Labute approximate surface area is 116 Å². The minimum atomic E-state index is 0.0887. The van der Waals surface area contributed by atoms with Crippen molar-refractivity contribution in [3.05, 3.63) is 29.7 Å². The van der Waals surface area contributed by atoms with Crippen molar-refractivity contribution in [2.75, 3.05) is 0 Å². The number of aromatic nitrogens is 1. The van der Waals surface area contributed by atoms with Crippen molar-refractivity contribution in [1.29, 1.82) is 0 Å². The van der Waals surface area contributed by atoms with E-state index in [1.54, 1.807) is 0 Å². The Bertz CT molecular complexity index is 578. The van der Waals surface area contributed by atoms with Crippen molar-refractivity contribution in [3.8, 4) is 0 Å². The maximum atomic E-state index is 5.50. The number of fused-ring (bicyclic) bond motifs is 1. The first kappa shape index (κ1) is 14.1. The molecule has 0 N–H and O–H groups in total. The number of benzene rings is 1. The number of oxazole rings is 1. The quantitative estimate of drug-likeness (QED) is 0.771. The van der Waals surface area contributed by atoms with Gasteiger partial charge in [-0.25, -0.2) is 4.98 Å². The highest BCUT2D eigenvalue weighted by Crippen LogP contribution is 2.37. The van der Waals surface area contributed by atoms with Gasteiger partial charge in [-0.15, -0.1) is 0 Å². The number of nitrogens with zero attached hydrogens (tertiary/aromatic N) is 1. The van der Waals surface area contributed by atoms with E-state index in [2.05, 4.69) is 65.1 Å². The Morgan fingerprint density at radius 3 is 2.26 bits per heavy atom. The Balaban J connectivity index is 2.71. The molecule has 0 aliphatic carbocycles. The minimum absolute atomic E-state index is 0.0887. The van der Waals surface area contributed by atoms with Gasteiger partial charge in [0.15, 0.2) is 5.58 Å². The van der Waals surface area contributed by atoms with Crippen molar-refractivity contribution in [2.24, 2.45) is 0 Å². The molecule has 0 aliphatic heterocycles. The van der Waals surface area contributed by atoms with Gasteiger partial charge in [0.25, 0.3) is 6.39 Å². The summed E-state index contributed by atoms with van der Waals surface area (Å²) in [6.07, 6.45) is 4.82. The summed E-state index contributed by atoms with van der Waals surface area (Å²) < 4.78 is 5.50. The molecule has 0 unspecified atom stereocenters. The number of hydrogen-bond acceptors (Lipinski definition) is 2. The molecule has 2 rings (SSSR count). The molecule has 0 bridgehead atoms. The van der Waals surface area contributed by atoms with Gasteiger partial charge in [-0.2, -0.15) is 0 Å². The van der Waals surface area contributed by atoms with E-state index in [4.69, 9.17) is 4.42 Å². The van der Waals surface area contributed by atoms with E-state index in [9.17, 15) is 0 Å². The molecule has 0 saturated heterocycles. The van der Waals surface area contributed by atoms with E-state index in [-0.39, 0.29) is 10.8 Å². The van der Waals surface area contributed by atoms with Crippen LogP contribution in [0.25, 0.3) is 11.1 Å². The van der Waals surface area contributed by atoms with E-state index in [1.807, 2.05) is 0 Å². The van der Waals surface area contributed by atoms with Crippen LogP contribution in [0.4, 0.5) is 0 Å². The summed E-state index contributed by atoms with van der Waals surface area (Å²) in [4.78, 5) is 4.24. The first-order valence-corrected chi connectivity index (χ1v) is 7.13. The SMILES string of the molecule is CCC(C)(C)c1cc(C(C)(C)CC)c2o[c]nc2c1. The van der Waals surface area contributed by atoms with Crippen LogP contribution in [-0.4, -0.2) is 4.98 Å². The van der Waals surface area contributed by atoms with Crippen LogP contribution >= 0.6 is 0 Å². The summed E-state index contributed by atoms with van der Waals surface area (Å²) in [5.74, 6) is 0. The molecule has 2 aromatic rings. The Morgan fingerprint density at radius 1 is 1.05 bits per heavy atom. The van der Waals surface area contributed by atoms with Crippen LogP contribution < -0.4 is 0 Å². The topological polar surface area (TPSA) is 26.0 Å². The van der Waals surface area contributed by atoms with E-state index < -0.39 is 0 Å². The Hall–Kier alpha value is -1.31. The van der Waals surface area contributed by atoms with E-state index in [0.717, 1.165) is 23.9 Å². The predicted molar refractivity (Wildman–Crippen MR) is 79.5 cm³/mol. The van der Waals surface area contributed by atoms with Crippen molar-refractivity contribution in [1.82, 2.24) is 4.98 Å². The molecule has 0 atom stereocenters. The fourth-order valence-corrected chi connectivity index (χ4v) is 2.21. The lowest BCUT2D eigenvalue weighted by molar-refractivity contribution is 0.482. The van der Waals surface area contributed by atoms with Gasteiger partial charge >= 0.3 is 0 Å². The second kappa shape index (κ2) is 4.66. The van der Waals surface area contributed by atoms with Gasteiger partial charge in [0.2, 0.25) is 0 Å². The zero-order valence-electron chi connectivity index (χ0n) is 12.9. The average Bonchev–Trinajstić information content (AvgIpc) is 2.85. The first-order chi connectivity index (χ1) is 8.81. The molecular weight excluding hydrogens is 234 g/mol. The van der Waals surface area contributed by atoms with Gasteiger partial charge in [0.1, 0.15) is 5.52 Å². The van der Waals surface area contributed by atoms with Crippen LogP contribution in [0.5, 0.6) is 0 Å². The lowest BCUT2D eigenvalue weighted by Gasteiger charge is -2.28. The van der Waals surface area contributed by atoms with Gasteiger partial charge in [0.05, 0.1) is 0 Å². The summed E-state index contributed by atoms with van der Waals surface area (Å²) in [5, 5.41) is 0. The van der Waals surface area contributed by atoms with Crippen LogP contribution in [0.2, 0.25) is 0 Å². The molecule has 0 fully saturated rings. The lowest BCUT2D eigenvalue weighted by Crippen LogP contribution is -2.20. The monoisotopic (exact) mass is 258 g/mol. The van der Waals surface area contributed by atoms with Crippen LogP contribution in [-0.2, 0) is 10.8 Å². The van der Waals surface area contributed by atoms with Gasteiger partial charge in [-0.05, 0) is 35.3 Å². The molecule has 0 aliphatic rings. The molecule has 2 nitrogen and oxygen atoms in total. The van der Waals surface area contributed by atoms with Crippen molar-refractivity contribution in [3.63, 3.8) is 0 Å². The van der Waals surface area contributed by atoms with Crippen LogP contribution in [0, 0.1) is 6.39 Å². The molecular formula is C17H24NO. The Morgan fingerprint density at radius 2 is 1.68 bits per heavy atom. The third kappa shape index (κ3) is 2.41. The summed E-state index contributed by atoms with van der Waals surface area (Å²) >= 11 is 0. The van der Waals surface area contributed by atoms with E-state index in [1.165, 1.54) is 11.1 Å². The number of hydrogen-bond donors (Lipinski definition) is 0. The maximum Gasteiger partial charge on any atom is 0.284 e. The van der Waals surface area contributed by atoms with Crippen molar-refractivity contribution in [2.45, 2.75) is 65.2 Å². The van der Waals surface area contributed by atoms with Crippen molar-refractivity contribution < 1.29 is 4.42 Å². The standard InChI is InChI=1S/C17H24NO/c1-7-16(3,4)12-9-13(17(5,6)8-2)15-14(10-12)18-11-19-15/h9-10H,7-8H2,1-6H3. The molecule has 103 valence electrons. The molecule has 0 spiro atoms. The molecule has 0 saturated carbocycles. The zero-order chi connectivity index (χ0) is 14.3. The highest BCUT2D eigenvalue weighted by atomic mass is 16.3. The third-order valence-electron chi connectivity index (χ3n) is 4.66. The largest absolute Gasteiger partial charge is 0.432 e. The summed E-state index contributed by atoms with van der Waals surface area (Å²) in [6.45, 7) is 13.5. The van der Waals surface area contributed by atoms with Gasteiger partial charge in [0, 0.05) is 5.56 Å². The van der Waals surface area contributed by atoms with Crippen LogP contribution in [0.1, 0.15) is 65.5 Å². The predicted octanol–water partition coefficient (Wildman–Crippen LogP) is 5.00. The summed E-state index contributed by atoms with van der Waals surface area (Å²) in [5.41, 5.74) is 4.65. The first-order valence-electron chi connectivity index (χ1n) is 7.13. The molecule has 1 aromatic heterocycles. The van der Waals surface area contributed by atoms with Crippen LogP contribution in [0.3, 0.4) is 0 Å². The van der Waals surface area contributed by atoms with E-state index >= 15 is 0 Å². The fourth-order valence-electron chi connectivity index (χ4n) is 2.21. The maximum absolute atomic E-state index is 5.50. The fraction of sp³-hybridized carbons (Fsp3) is 0.588. The van der Waals surface area contributed by atoms with Gasteiger partial charge < -0.3 is 4.42 Å². The smallest absolute Gasteiger partial charge is 0.284 e. The summed E-state index contributed by atoms with van der Waals surface area (Å²) in [6, 6.07) is 4.45. The molecule has 19 heavy (non-hydrogen) atoms. The molecule has 1 aromatic carbocycles.